The fourth-order valence-corrected chi connectivity index (χ4v) is 3.69. The number of aliphatic hydroxyl groups excluding tert-OH is 1. The van der Waals surface area contributed by atoms with E-state index in [1.807, 2.05) is 35.2 Å². The van der Waals surface area contributed by atoms with Crippen molar-refractivity contribution in [3.63, 3.8) is 0 Å². The van der Waals surface area contributed by atoms with Gasteiger partial charge in [-0.25, -0.2) is 4.79 Å². The SMILES string of the molecule is O=C(NC1CCCCC1)N1CCOCC1CC(O)c1ccccc1. The lowest BCUT2D eigenvalue weighted by Gasteiger charge is -2.38. The Kier molecular flexibility index (Phi) is 6.10. The van der Waals surface area contributed by atoms with E-state index in [2.05, 4.69) is 5.32 Å². The summed E-state index contributed by atoms with van der Waals surface area (Å²) in [6.45, 7) is 1.64. The van der Waals surface area contributed by atoms with Crippen LogP contribution in [0.25, 0.3) is 0 Å². The van der Waals surface area contributed by atoms with Gasteiger partial charge in [-0.1, -0.05) is 49.6 Å². The lowest BCUT2D eigenvalue weighted by molar-refractivity contribution is -0.00761. The normalized spacial score (nSPS) is 23.7. The minimum Gasteiger partial charge on any atom is -0.388 e. The van der Waals surface area contributed by atoms with Crippen molar-refractivity contribution in [1.29, 1.82) is 0 Å². The number of ether oxygens (including phenoxy) is 1. The standard InChI is InChI=1S/C19H28N2O3/c22-18(15-7-3-1-4-8-15)13-17-14-24-12-11-21(17)19(23)20-16-9-5-2-6-10-16/h1,3-4,7-8,16-18,22H,2,5-6,9-14H2,(H,20,23). The molecule has 132 valence electrons. The predicted molar refractivity (Wildman–Crippen MR) is 92.7 cm³/mol. The van der Waals surface area contributed by atoms with E-state index in [1.54, 1.807) is 0 Å². The van der Waals surface area contributed by atoms with Gasteiger partial charge in [-0.15, -0.1) is 0 Å². The van der Waals surface area contributed by atoms with E-state index in [-0.39, 0.29) is 12.1 Å². The van der Waals surface area contributed by atoms with Crippen molar-refractivity contribution >= 4 is 6.03 Å². The maximum atomic E-state index is 12.7. The highest BCUT2D eigenvalue weighted by atomic mass is 16.5. The van der Waals surface area contributed by atoms with Gasteiger partial charge in [-0.2, -0.15) is 0 Å². The summed E-state index contributed by atoms with van der Waals surface area (Å²) >= 11 is 0. The average molecular weight is 332 g/mol. The third-order valence-corrected chi connectivity index (χ3v) is 5.10. The van der Waals surface area contributed by atoms with E-state index in [0.717, 1.165) is 18.4 Å². The van der Waals surface area contributed by atoms with Crippen LogP contribution in [0.2, 0.25) is 0 Å². The highest BCUT2D eigenvalue weighted by molar-refractivity contribution is 5.75. The summed E-state index contributed by atoms with van der Waals surface area (Å²) in [4.78, 5) is 14.5. The molecule has 2 N–H and O–H groups in total. The zero-order valence-corrected chi connectivity index (χ0v) is 14.2. The van der Waals surface area contributed by atoms with Crippen LogP contribution in [0.3, 0.4) is 0 Å². The number of morpholine rings is 1. The minimum atomic E-state index is -0.581. The lowest BCUT2D eigenvalue weighted by atomic mass is 9.95. The molecule has 5 nitrogen and oxygen atoms in total. The van der Waals surface area contributed by atoms with Gasteiger partial charge in [-0.3, -0.25) is 0 Å². The summed E-state index contributed by atoms with van der Waals surface area (Å²) in [5, 5.41) is 13.7. The Balaban J connectivity index is 1.59. The first-order valence-corrected chi connectivity index (χ1v) is 9.12. The molecule has 0 bridgehead atoms. The van der Waals surface area contributed by atoms with Crippen molar-refractivity contribution in [2.45, 2.75) is 56.7 Å². The Hall–Kier alpha value is -1.59. The second kappa shape index (κ2) is 8.49. The molecule has 0 radical (unpaired) electrons. The van der Waals surface area contributed by atoms with E-state index < -0.39 is 6.10 Å². The third-order valence-electron chi connectivity index (χ3n) is 5.10. The van der Waals surface area contributed by atoms with Gasteiger partial charge < -0.3 is 20.1 Å². The number of carbonyl (C=O) groups excluding carboxylic acids is 1. The highest BCUT2D eigenvalue weighted by Gasteiger charge is 2.30. The van der Waals surface area contributed by atoms with Crippen LogP contribution in [-0.2, 0) is 4.74 Å². The summed E-state index contributed by atoms with van der Waals surface area (Å²) in [5.74, 6) is 0. The zero-order chi connectivity index (χ0) is 16.8. The van der Waals surface area contributed by atoms with E-state index in [0.29, 0.717) is 32.2 Å². The summed E-state index contributed by atoms with van der Waals surface area (Å²) in [7, 11) is 0. The Bertz CT molecular complexity index is 517. The average Bonchev–Trinajstić information content (AvgIpc) is 2.63. The quantitative estimate of drug-likeness (QED) is 0.891. The molecule has 2 fully saturated rings. The van der Waals surface area contributed by atoms with E-state index in [4.69, 9.17) is 4.74 Å². The van der Waals surface area contributed by atoms with Gasteiger partial charge in [0.2, 0.25) is 0 Å². The van der Waals surface area contributed by atoms with Gasteiger partial charge in [0.15, 0.2) is 0 Å². The molecule has 1 aliphatic carbocycles. The molecule has 5 heteroatoms. The zero-order valence-electron chi connectivity index (χ0n) is 14.2. The number of nitrogens with one attached hydrogen (secondary N) is 1. The van der Waals surface area contributed by atoms with Crippen LogP contribution < -0.4 is 5.32 Å². The molecule has 0 aromatic heterocycles. The van der Waals surface area contributed by atoms with Crippen molar-refractivity contribution in [2.24, 2.45) is 0 Å². The van der Waals surface area contributed by atoms with E-state index >= 15 is 0 Å². The van der Waals surface area contributed by atoms with Gasteiger partial charge >= 0.3 is 6.03 Å². The summed E-state index contributed by atoms with van der Waals surface area (Å²) in [6.07, 6.45) is 5.75. The maximum Gasteiger partial charge on any atom is 0.318 e. The molecule has 2 aliphatic rings. The summed E-state index contributed by atoms with van der Waals surface area (Å²) in [6, 6.07) is 9.82. The molecule has 1 aliphatic heterocycles. The van der Waals surface area contributed by atoms with Crippen LogP contribution in [-0.4, -0.2) is 47.9 Å². The number of carbonyl (C=O) groups is 1. The van der Waals surface area contributed by atoms with Crippen LogP contribution >= 0.6 is 0 Å². The number of aliphatic hydroxyl groups is 1. The minimum absolute atomic E-state index is 0.00420. The van der Waals surface area contributed by atoms with Crippen LogP contribution in [0.4, 0.5) is 4.79 Å². The fourth-order valence-electron chi connectivity index (χ4n) is 3.69. The molecule has 2 unspecified atom stereocenters. The molecular formula is C19H28N2O3. The molecule has 1 saturated heterocycles. The monoisotopic (exact) mass is 332 g/mol. The number of nitrogens with zero attached hydrogens (tertiary/aromatic N) is 1. The Morgan fingerprint density at radius 2 is 2.00 bits per heavy atom. The van der Waals surface area contributed by atoms with E-state index in [1.165, 1.54) is 19.3 Å². The van der Waals surface area contributed by atoms with Crippen molar-refractivity contribution in [3.05, 3.63) is 35.9 Å². The summed E-state index contributed by atoms with van der Waals surface area (Å²) < 4.78 is 5.56. The first kappa shape index (κ1) is 17.2. The second-order valence-corrected chi connectivity index (χ2v) is 6.87. The van der Waals surface area contributed by atoms with Gasteiger partial charge in [0, 0.05) is 19.0 Å². The highest BCUT2D eigenvalue weighted by Crippen LogP contribution is 2.23. The van der Waals surface area contributed by atoms with Crippen molar-refractivity contribution < 1.29 is 14.6 Å². The van der Waals surface area contributed by atoms with Gasteiger partial charge in [-0.05, 0) is 18.4 Å². The third kappa shape index (κ3) is 4.48. The molecule has 0 spiro atoms. The van der Waals surface area contributed by atoms with Crippen molar-refractivity contribution in [2.75, 3.05) is 19.8 Å². The number of hydrogen-bond acceptors (Lipinski definition) is 3. The Morgan fingerprint density at radius 3 is 2.75 bits per heavy atom. The molecule has 2 amide bonds. The molecular weight excluding hydrogens is 304 g/mol. The second-order valence-electron chi connectivity index (χ2n) is 6.87. The molecule has 1 heterocycles. The van der Waals surface area contributed by atoms with Crippen LogP contribution in [0, 0.1) is 0 Å². The predicted octanol–water partition coefficient (Wildman–Crippen LogP) is 2.85. The van der Waals surface area contributed by atoms with E-state index in [9.17, 15) is 9.90 Å². The van der Waals surface area contributed by atoms with Crippen LogP contribution in [0.5, 0.6) is 0 Å². The van der Waals surface area contributed by atoms with Crippen molar-refractivity contribution in [3.8, 4) is 0 Å². The molecule has 1 aromatic rings. The fraction of sp³-hybridized carbons (Fsp3) is 0.632. The number of hydrogen-bond donors (Lipinski definition) is 2. The molecule has 24 heavy (non-hydrogen) atoms. The Morgan fingerprint density at radius 1 is 1.25 bits per heavy atom. The maximum absolute atomic E-state index is 12.7. The van der Waals surface area contributed by atoms with Crippen LogP contribution in [0.15, 0.2) is 30.3 Å². The molecule has 3 rings (SSSR count). The van der Waals surface area contributed by atoms with Crippen LogP contribution in [0.1, 0.15) is 50.2 Å². The van der Waals surface area contributed by atoms with Gasteiger partial charge in [0.05, 0.1) is 25.4 Å². The smallest absolute Gasteiger partial charge is 0.318 e. The van der Waals surface area contributed by atoms with Gasteiger partial charge in [0.25, 0.3) is 0 Å². The Labute approximate surface area is 144 Å². The lowest BCUT2D eigenvalue weighted by Crippen LogP contribution is -2.54. The van der Waals surface area contributed by atoms with Crippen molar-refractivity contribution in [1.82, 2.24) is 10.2 Å². The number of benzene rings is 1. The molecule has 1 saturated carbocycles. The molecule has 2 atom stereocenters. The summed E-state index contributed by atoms with van der Waals surface area (Å²) in [5.41, 5.74) is 0.885. The topological polar surface area (TPSA) is 61.8 Å². The largest absolute Gasteiger partial charge is 0.388 e. The first-order valence-electron chi connectivity index (χ1n) is 9.12. The number of amides is 2. The molecule has 1 aromatic carbocycles. The first-order chi connectivity index (χ1) is 11.7. The number of urea groups is 1. The number of rotatable bonds is 4. The van der Waals surface area contributed by atoms with Gasteiger partial charge in [0.1, 0.15) is 0 Å².